The smallest absolute Gasteiger partial charge is 0.223 e. The maximum Gasteiger partial charge on any atom is 0.223 e. The Bertz CT molecular complexity index is 1180. The first-order valence-corrected chi connectivity index (χ1v) is 11.6. The van der Waals surface area contributed by atoms with E-state index in [4.69, 9.17) is 0 Å². The van der Waals surface area contributed by atoms with Crippen LogP contribution in [-0.2, 0) is 10.2 Å². The molecule has 3 aromatic carbocycles. The van der Waals surface area contributed by atoms with Crippen LogP contribution in [0.5, 0.6) is 0 Å². The zero-order valence-electron chi connectivity index (χ0n) is 19.4. The molecule has 3 atom stereocenters. The fraction of sp³-hybridized carbons (Fsp3) is 0.321. The molecule has 4 rings (SSSR count). The molecule has 1 unspecified atom stereocenters. The van der Waals surface area contributed by atoms with Gasteiger partial charge in [-0.3, -0.25) is 4.79 Å². The first-order chi connectivity index (χ1) is 16.7. The lowest BCUT2D eigenvalue weighted by Crippen LogP contribution is -2.48. The summed E-state index contributed by atoms with van der Waals surface area (Å²) in [7, 11) is 0. The van der Waals surface area contributed by atoms with Gasteiger partial charge in [-0.25, -0.2) is 13.2 Å². The summed E-state index contributed by atoms with van der Waals surface area (Å²) in [5.74, 6) is -1.76. The van der Waals surface area contributed by atoms with Gasteiger partial charge >= 0.3 is 0 Å². The van der Waals surface area contributed by atoms with Crippen LogP contribution in [0.3, 0.4) is 0 Å². The second kappa shape index (κ2) is 10.2. The molecule has 1 fully saturated rings. The molecule has 1 aliphatic rings. The predicted molar refractivity (Wildman–Crippen MR) is 127 cm³/mol. The van der Waals surface area contributed by atoms with E-state index in [9.17, 15) is 28.2 Å². The fourth-order valence-corrected chi connectivity index (χ4v) is 5.05. The number of halogens is 3. The van der Waals surface area contributed by atoms with E-state index in [-0.39, 0.29) is 30.6 Å². The van der Waals surface area contributed by atoms with Crippen LogP contribution in [0.25, 0.3) is 11.1 Å². The third-order valence-corrected chi connectivity index (χ3v) is 7.04. The van der Waals surface area contributed by atoms with Crippen molar-refractivity contribution in [2.75, 3.05) is 13.2 Å². The van der Waals surface area contributed by atoms with Gasteiger partial charge in [-0.15, -0.1) is 0 Å². The van der Waals surface area contributed by atoms with Gasteiger partial charge in [-0.2, -0.15) is 0 Å². The van der Waals surface area contributed by atoms with Crippen molar-refractivity contribution in [2.24, 2.45) is 0 Å². The number of rotatable bonds is 7. The van der Waals surface area contributed by atoms with Crippen molar-refractivity contribution < 1.29 is 28.2 Å². The van der Waals surface area contributed by atoms with E-state index in [1.165, 1.54) is 24.3 Å². The number of piperidine rings is 1. The van der Waals surface area contributed by atoms with Crippen LogP contribution >= 0.6 is 0 Å². The molecule has 1 heterocycles. The quantitative estimate of drug-likeness (QED) is 0.490. The van der Waals surface area contributed by atoms with Gasteiger partial charge in [0.1, 0.15) is 17.5 Å². The molecule has 3 aromatic rings. The summed E-state index contributed by atoms with van der Waals surface area (Å²) in [6.07, 6.45) is -0.124. The summed E-state index contributed by atoms with van der Waals surface area (Å²) in [5, 5.41) is 19.6. The van der Waals surface area contributed by atoms with Crippen LogP contribution in [0, 0.1) is 17.5 Å². The van der Waals surface area contributed by atoms with Gasteiger partial charge in [0.15, 0.2) is 0 Å². The second-order valence-corrected chi connectivity index (χ2v) is 9.26. The number of carbonyl (C=O) groups excluding carboxylic acids is 1. The van der Waals surface area contributed by atoms with E-state index in [1.54, 1.807) is 29.2 Å². The molecular weight excluding hydrogens is 455 g/mol. The molecule has 4 nitrogen and oxygen atoms in total. The highest BCUT2D eigenvalue weighted by atomic mass is 19.1. The van der Waals surface area contributed by atoms with Crippen LogP contribution in [-0.4, -0.2) is 40.3 Å². The number of hydrogen-bond acceptors (Lipinski definition) is 3. The maximum atomic E-state index is 14.1. The van der Waals surface area contributed by atoms with Crippen LogP contribution in [0.2, 0.25) is 0 Å². The third kappa shape index (κ3) is 5.26. The molecule has 0 aliphatic carbocycles. The Morgan fingerprint density at radius 1 is 0.971 bits per heavy atom. The van der Waals surface area contributed by atoms with Crippen molar-refractivity contribution in [1.82, 2.24) is 4.90 Å². The van der Waals surface area contributed by atoms with Crippen LogP contribution in [0.15, 0.2) is 66.7 Å². The lowest BCUT2D eigenvalue weighted by molar-refractivity contribution is -0.139. The fourth-order valence-electron chi connectivity index (χ4n) is 5.05. The first kappa shape index (κ1) is 24.9. The van der Waals surface area contributed by atoms with Gasteiger partial charge < -0.3 is 15.1 Å². The molecule has 35 heavy (non-hydrogen) atoms. The van der Waals surface area contributed by atoms with E-state index in [2.05, 4.69) is 0 Å². The highest BCUT2D eigenvalue weighted by Gasteiger charge is 2.42. The molecule has 0 aromatic heterocycles. The van der Waals surface area contributed by atoms with Gasteiger partial charge in [0.25, 0.3) is 0 Å². The number of nitrogens with zero attached hydrogens (tertiary/aromatic N) is 1. The van der Waals surface area contributed by atoms with Crippen molar-refractivity contribution in [3.8, 4) is 11.1 Å². The minimum Gasteiger partial charge on any atom is -0.394 e. The van der Waals surface area contributed by atoms with E-state index >= 15 is 0 Å². The summed E-state index contributed by atoms with van der Waals surface area (Å²) in [4.78, 5) is 15.1. The van der Waals surface area contributed by atoms with Crippen molar-refractivity contribution in [2.45, 2.75) is 43.7 Å². The van der Waals surface area contributed by atoms with Gasteiger partial charge in [0.05, 0.1) is 18.8 Å². The van der Waals surface area contributed by atoms with Crippen LogP contribution in [0.4, 0.5) is 13.2 Å². The van der Waals surface area contributed by atoms with E-state index in [1.807, 2.05) is 19.1 Å². The lowest BCUT2D eigenvalue weighted by Gasteiger charge is -2.44. The monoisotopic (exact) mass is 483 g/mol. The zero-order valence-corrected chi connectivity index (χ0v) is 19.4. The van der Waals surface area contributed by atoms with Crippen LogP contribution in [0.1, 0.15) is 43.4 Å². The molecule has 184 valence electrons. The molecule has 0 radical (unpaired) electrons. The minimum atomic E-state index is -0.990. The second-order valence-electron chi connectivity index (χ2n) is 9.26. The van der Waals surface area contributed by atoms with Gasteiger partial charge in [0, 0.05) is 30.0 Å². The van der Waals surface area contributed by atoms with E-state index in [0.29, 0.717) is 24.1 Å². The summed E-state index contributed by atoms with van der Waals surface area (Å²) in [6.45, 7) is 1.92. The molecule has 7 heteroatoms. The standard InChI is InChI=1S/C28H28F3NO3/c1-18(19-2-4-20(5-3-19)25-11-10-23(30)14-26(25)31)32-13-12-28(16-27(32)35,15-24(34)17-33)21-6-8-22(29)9-7-21/h2-11,14,18,24,33-34H,12-13,15-17H2,1H3/t18?,24-,28+/m0/s1. The Labute approximate surface area is 202 Å². The normalized spacial score (nSPS) is 20.1. The zero-order chi connectivity index (χ0) is 25.2. The number of aliphatic hydroxyl groups excluding tert-OH is 2. The van der Waals surface area contributed by atoms with E-state index in [0.717, 1.165) is 17.2 Å². The van der Waals surface area contributed by atoms with Crippen molar-refractivity contribution >= 4 is 5.91 Å². The van der Waals surface area contributed by atoms with Gasteiger partial charge in [-0.05, 0) is 60.7 Å². The van der Waals surface area contributed by atoms with Crippen molar-refractivity contribution in [3.05, 3.63) is 95.3 Å². The third-order valence-electron chi connectivity index (χ3n) is 7.04. The van der Waals surface area contributed by atoms with Gasteiger partial charge in [0.2, 0.25) is 5.91 Å². The number of amides is 1. The number of carbonyl (C=O) groups is 1. The first-order valence-electron chi connectivity index (χ1n) is 11.6. The molecule has 2 N–H and O–H groups in total. The summed E-state index contributed by atoms with van der Waals surface area (Å²) < 4.78 is 40.9. The van der Waals surface area contributed by atoms with Gasteiger partial charge in [-0.1, -0.05) is 36.4 Å². The highest BCUT2D eigenvalue weighted by molar-refractivity contribution is 5.79. The number of hydrogen-bond donors (Lipinski definition) is 2. The number of aliphatic hydroxyl groups is 2. The SMILES string of the molecule is CC(c1ccc(-c2ccc(F)cc2F)cc1)N1CC[C@](C[C@H](O)CO)(c2ccc(F)cc2)CC1=O. The Morgan fingerprint density at radius 2 is 1.63 bits per heavy atom. The highest BCUT2D eigenvalue weighted by Crippen LogP contribution is 2.42. The Morgan fingerprint density at radius 3 is 2.23 bits per heavy atom. The molecule has 1 aliphatic heterocycles. The molecular formula is C28H28F3NO3. The van der Waals surface area contributed by atoms with Crippen molar-refractivity contribution in [1.29, 1.82) is 0 Å². The molecule has 1 amide bonds. The minimum absolute atomic E-state index is 0.105. The molecule has 0 bridgehead atoms. The Hall–Kier alpha value is -3.16. The topological polar surface area (TPSA) is 60.8 Å². The molecule has 0 saturated carbocycles. The average molecular weight is 484 g/mol. The van der Waals surface area contributed by atoms with E-state index < -0.39 is 29.8 Å². The largest absolute Gasteiger partial charge is 0.394 e. The molecule has 1 saturated heterocycles. The van der Waals surface area contributed by atoms with Crippen LogP contribution < -0.4 is 0 Å². The Balaban J connectivity index is 1.53. The summed E-state index contributed by atoms with van der Waals surface area (Å²) in [6, 6.07) is 16.3. The Kier molecular flexibility index (Phi) is 7.28. The molecule has 0 spiro atoms. The number of likely N-dealkylation sites (tertiary alicyclic amines) is 1. The maximum absolute atomic E-state index is 14.1. The predicted octanol–water partition coefficient (Wildman–Crippen LogP) is 5.14. The number of benzene rings is 3. The summed E-state index contributed by atoms with van der Waals surface area (Å²) in [5.41, 5.74) is 1.84. The average Bonchev–Trinajstić information content (AvgIpc) is 2.84. The summed E-state index contributed by atoms with van der Waals surface area (Å²) >= 11 is 0. The lowest BCUT2D eigenvalue weighted by atomic mass is 9.68. The van der Waals surface area contributed by atoms with Crippen molar-refractivity contribution in [3.63, 3.8) is 0 Å².